The van der Waals surface area contributed by atoms with Gasteiger partial charge in [0.1, 0.15) is 0 Å². The third-order valence-electron chi connectivity index (χ3n) is 3.25. The summed E-state index contributed by atoms with van der Waals surface area (Å²) in [6.45, 7) is 0. The summed E-state index contributed by atoms with van der Waals surface area (Å²) in [5.41, 5.74) is 1.03. The van der Waals surface area contributed by atoms with Crippen molar-refractivity contribution in [2.75, 3.05) is 0 Å². The molecule has 0 amide bonds. The maximum atomic E-state index is 12.3. The number of fused-ring (bicyclic) bond motifs is 2. The number of benzene rings is 1. The molecule has 0 aliphatic heterocycles. The summed E-state index contributed by atoms with van der Waals surface area (Å²) < 4.78 is 0. The Morgan fingerprint density at radius 3 is 2.18 bits per heavy atom. The third kappa shape index (κ3) is 1.48. The lowest BCUT2D eigenvalue weighted by atomic mass is 9.72. The van der Waals surface area contributed by atoms with Crippen molar-refractivity contribution in [3.8, 4) is 0 Å². The summed E-state index contributed by atoms with van der Waals surface area (Å²) in [7, 11) is 0. The van der Waals surface area contributed by atoms with Crippen LogP contribution in [0.4, 0.5) is 0 Å². The van der Waals surface area contributed by atoms with Crippen LogP contribution in [0.25, 0.3) is 0 Å². The second-order valence-corrected chi connectivity index (χ2v) is 4.67. The molecule has 2 aliphatic carbocycles. The molecule has 2 nitrogen and oxygen atoms in total. The Bertz CT molecular complexity index is 584. The summed E-state index contributed by atoms with van der Waals surface area (Å²) in [4.78, 5) is 24.5. The van der Waals surface area contributed by atoms with Crippen LogP contribution in [0.3, 0.4) is 0 Å². The van der Waals surface area contributed by atoms with Gasteiger partial charge in [0, 0.05) is 16.2 Å². The van der Waals surface area contributed by atoms with Crippen molar-refractivity contribution in [3.63, 3.8) is 0 Å². The zero-order chi connectivity index (χ0) is 12.0. The van der Waals surface area contributed by atoms with Crippen LogP contribution in [0.15, 0.2) is 47.5 Å². The summed E-state index contributed by atoms with van der Waals surface area (Å²) >= 11 is 5.89. The Kier molecular flexibility index (Phi) is 2.26. The highest BCUT2D eigenvalue weighted by Crippen LogP contribution is 2.35. The van der Waals surface area contributed by atoms with Gasteiger partial charge in [-0.25, -0.2) is 0 Å². The van der Waals surface area contributed by atoms with Crippen LogP contribution >= 0.6 is 11.6 Å². The van der Waals surface area contributed by atoms with Crippen LogP contribution in [-0.2, 0) is 0 Å². The molecule has 0 fully saturated rings. The van der Waals surface area contributed by atoms with E-state index in [-0.39, 0.29) is 17.5 Å². The van der Waals surface area contributed by atoms with Crippen LogP contribution in [0, 0.1) is 11.8 Å². The highest BCUT2D eigenvalue weighted by molar-refractivity contribution is 6.32. The van der Waals surface area contributed by atoms with E-state index >= 15 is 0 Å². The molecule has 17 heavy (non-hydrogen) atoms. The molecule has 3 heteroatoms. The molecule has 2 unspecified atom stereocenters. The molecule has 0 bridgehead atoms. The van der Waals surface area contributed by atoms with Crippen LogP contribution in [0.5, 0.6) is 0 Å². The highest BCUT2D eigenvalue weighted by Gasteiger charge is 2.39. The number of ketones is 2. The van der Waals surface area contributed by atoms with E-state index in [2.05, 4.69) is 0 Å². The lowest BCUT2D eigenvalue weighted by Crippen LogP contribution is -2.35. The zero-order valence-corrected chi connectivity index (χ0v) is 9.65. The number of hydrogen-bond acceptors (Lipinski definition) is 2. The first kappa shape index (κ1) is 10.5. The molecule has 3 rings (SSSR count). The average Bonchev–Trinajstić information content (AvgIpc) is 2.36. The summed E-state index contributed by atoms with van der Waals surface area (Å²) in [5, 5.41) is 0.520. The number of Topliss-reactive ketones (excluding diaryl/α,β-unsaturated/α-hetero) is 2. The predicted molar refractivity (Wildman–Crippen MR) is 65.2 cm³/mol. The minimum Gasteiger partial charge on any atom is -0.293 e. The standard InChI is InChI=1S/C14H9ClO2/c15-8-5-6-11-12(7-8)14(17)10-4-2-1-3-9(10)13(11)16/h1-7,11-12H. The van der Waals surface area contributed by atoms with Gasteiger partial charge in [0.15, 0.2) is 11.6 Å². The van der Waals surface area contributed by atoms with Gasteiger partial charge in [-0.3, -0.25) is 9.59 Å². The first-order chi connectivity index (χ1) is 8.18. The highest BCUT2D eigenvalue weighted by atomic mass is 35.5. The van der Waals surface area contributed by atoms with E-state index in [0.717, 1.165) is 0 Å². The molecule has 0 radical (unpaired) electrons. The molecule has 84 valence electrons. The maximum absolute atomic E-state index is 12.3. The molecule has 2 atom stereocenters. The number of carbonyl (C=O) groups excluding carboxylic acids is 2. The summed E-state index contributed by atoms with van der Waals surface area (Å²) in [6, 6.07) is 6.96. The quantitative estimate of drug-likeness (QED) is 0.703. The van der Waals surface area contributed by atoms with Gasteiger partial charge in [-0.2, -0.15) is 0 Å². The van der Waals surface area contributed by atoms with E-state index in [1.54, 1.807) is 42.5 Å². The molecule has 0 N–H and O–H groups in total. The van der Waals surface area contributed by atoms with E-state index in [1.165, 1.54) is 0 Å². The van der Waals surface area contributed by atoms with Crippen molar-refractivity contribution in [2.45, 2.75) is 0 Å². The van der Waals surface area contributed by atoms with Crippen molar-refractivity contribution in [1.82, 2.24) is 0 Å². The minimum atomic E-state index is -0.435. The lowest BCUT2D eigenvalue weighted by molar-refractivity contribution is 0.0801. The number of rotatable bonds is 0. The Morgan fingerprint density at radius 2 is 1.53 bits per heavy atom. The Hall–Kier alpha value is -1.67. The first-order valence-electron chi connectivity index (χ1n) is 5.41. The summed E-state index contributed by atoms with van der Waals surface area (Å²) in [6.07, 6.45) is 5.08. The van der Waals surface area contributed by atoms with E-state index in [4.69, 9.17) is 11.6 Å². The fourth-order valence-corrected chi connectivity index (χ4v) is 2.62. The monoisotopic (exact) mass is 244 g/mol. The van der Waals surface area contributed by atoms with E-state index in [9.17, 15) is 9.59 Å². The SMILES string of the molecule is O=C1c2ccccc2C(=O)C2C=C(Cl)C=CC12. The van der Waals surface area contributed by atoms with E-state index < -0.39 is 5.92 Å². The fraction of sp³-hybridized carbons (Fsp3) is 0.143. The van der Waals surface area contributed by atoms with Crippen LogP contribution < -0.4 is 0 Å². The molecule has 0 spiro atoms. The van der Waals surface area contributed by atoms with Crippen molar-refractivity contribution in [2.24, 2.45) is 11.8 Å². The van der Waals surface area contributed by atoms with Gasteiger partial charge in [0.05, 0.1) is 11.8 Å². The predicted octanol–water partition coefficient (Wildman–Crippen LogP) is 2.99. The maximum Gasteiger partial charge on any atom is 0.171 e. The van der Waals surface area contributed by atoms with Crippen LogP contribution in [-0.4, -0.2) is 11.6 Å². The zero-order valence-electron chi connectivity index (χ0n) is 8.89. The average molecular weight is 245 g/mol. The van der Waals surface area contributed by atoms with Gasteiger partial charge in [-0.05, 0) is 6.08 Å². The van der Waals surface area contributed by atoms with E-state index in [1.807, 2.05) is 0 Å². The van der Waals surface area contributed by atoms with Crippen LogP contribution in [0.1, 0.15) is 20.7 Å². The minimum absolute atomic E-state index is 0.00173. The van der Waals surface area contributed by atoms with Gasteiger partial charge in [-0.1, -0.05) is 48.0 Å². The molecule has 0 heterocycles. The molecule has 1 aromatic rings. The Morgan fingerprint density at radius 1 is 0.941 bits per heavy atom. The normalized spacial score (nSPS) is 26.3. The fourth-order valence-electron chi connectivity index (χ4n) is 2.41. The molecule has 1 aromatic carbocycles. The number of hydrogen-bond donors (Lipinski definition) is 0. The lowest BCUT2D eigenvalue weighted by Gasteiger charge is -2.28. The van der Waals surface area contributed by atoms with Gasteiger partial charge in [-0.15, -0.1) is 0 Å². The van der Waals surface area contributed by atoms with Gasteiger partial charge < -0.3 is 0 Å². The molecule has 0 saturated heterocycles. The number of allylic oxidation sites excluding steroid dienone is 4. The second kappa shape index (κ2) is 3.67. The number of halogens is 1. The molecular weight excluding hydrogens is 236 g/mol. The molecule has 0 saturated carbocycles. The Balaban J connectivity index is 2.19. The van der Waals surface area contributed by atoms with Crippen molar-refractivity contribution >= 4 is 23.2 Å². The number of carbonyl (C=O) groups is 2. The summed E-state index contributed by atoms with van der Waals surface area (Å²) in [5.74, 6) is -0.843. The van der Waals surface area contributed by atoms with Crippen molar-refractivity contribution < 1.29 is 9.59 Å². The van der Waals surface area contributed by atoms with Gasteiger partial charge >= 0.3 is 0 Å². The molecule has 0 aromatic heterocycles. The van der Waals surface area contributed by atoms with Crippen molar-refractivity contribution in [3.05, 3.63) is 58.7 Å². The molecule has 2 aliphatic rings. The molecular formula is C14H9ClO2. The van der Waals surface area contributed by atoms with Crippen LogP contribution in [0.2, 0.25) is 0 Å². The largest absolute Gasteiger partial charge is 0.293 e. The van der Waals surface area contributed by atoms with Crippen molar-refractivity contribution in [1.29, 1.82) is 0 Å². The van der Waals surface area contributed by atoms with Gasteiger partial charge in [0.2, 0.25) is 0 Å². The second-order valence-electron chi connectivity index (χ2n) is 4.24. The first-order valence-corrected chi connectivity index (χ1v) is 5.79. The third-order valence-corrected chi connectivity index (χ3v) is 3.50. The smallest absolute Gasteiger partial charge is 0.171 e. The Labute approximate surface area is 104 Å². The van der Waals surface area contributed by atoms with E-state index in [0.29, 0.717) is 16.2 Å². The topological polar surface area (TPSA) is 34.1 Å². The van der Waals surface area contributed by atoms with Gasteiger partial charge in [0.25, 0.3) is 0 Å².